The van der Waals surface area contributed by atoms with Crippen molar-refractivity contribution in [2.75, 3.05) is 0 Å². The van der Waals surface area contributed by atoms with E-state index in [1.165, 1.54) is 6.42 Å². The summed E-state index contributed by atoms with van der Waals surface area (Å²) in [6.07, 6.45) is 5.93. The Morgan fingerprint density at radius 3 is 2.83 bits per heavy atom. The highest BCUT2D eigenvalue weighted by Gasteiger charge is 2.29. The highest BCUT2D eigenvalue weighted by atomic mass is 32.1. The topological polar surface area (TPSA) is 68.0 Å². The zero-order valence-electron chi connectivity index (χ0n) is 10.9. The summed E-state index contributed by atoms with van der Waals surface area (Å²) in [5.74, 6) is 0.0484. The van der Waals surface area contributed by atoms with E-state index in [1.54, 1.807) is 11.3 Å². The van der Waals surface area contributed by atoms with E-state index < -0.39 is 0 Å². The van der Waals surface area contributed by atoms with Crippen LogP contribution in [0.4, 0.5) is 0 Å². The second-order valence-electron chi connectivity index (χ2n) is 5.26. The molecular formula is C13H21N3OS. The number of hydrogen-bond donors (Lipinski definition) is 2. The lowest BCUT2D eigenvalue weighted by atomic mass is 9.80. The number of amides is 1. The van der Waals surface area contributed by atoms with Gasteiger partial charge in [0.15, 0.2) is 0 Å². The summed E-state index contributed by atoms with van der Waals surface area (Å²) >= 11 is 1.58. The van der Waals surface area contributed by atoms with Crippen LogP contribution < -0.4 is 11.1 Å². The molecule has 0 saturated heterocycles. The fraction of sp³-hybridized carbons (Fsp3) is 0.692. The smallest absolute Gasteiger partial charge is 0.222 e. The number of carbonyl (C=O) groups is 1. The minimum absolute atomic E-state index is 0.0484. The summed E-state index contributed by atoms with van der Waals surface area (Å²) < 4.78 is 0. The third-order valence-corrected chi connectivity index (χ3v) is 4.43. The van der Waals surface area contributed by atoms with Gasteiger partial charge in [-0.15, -0.1) is 11.3 Å². The molecule has 1 aromatic heterocycles. The minimum atomic E-state index is -0.277. The van der Waals surface area contributed by atoms with Gasteiger partial charge in [0.05, 0.1) is 6.54 Å². The Hall–Kier alpha value is -0.940. The van der Waals surface area contributed by atoms with Gasteiger partial charge in [0.1, 0.15) is 5.01 Å². The standard InChI is InChI=1S/C13H21N3OS/c1-10-9-18-12(16-10)8-15-11(17)7-13(14)5-3-2-4-6-13/h9H,2-8,14H2,1H3,(H,15,17). The van der Waals surface area contributed by atoms with E-state index in [0.717, 1.165) is 36.4 Å². The van der Waals surface area contributed by atoms with Gasteiger partial charge in [-0.3, -0.25) is 4.79 Å². The Morgan fingerprint density at radius 2 is 2.22 bits per heavy atom. The molecule has 0 unspecified atom stereocenters. The summed E-state index contributed by atoms with van der Waals surface area (Å²) in [6, 6.07) is 0. The molecule has 1 saturated carbocycles. The molecule has 1 fully saturated rings. The summed E-state index contributed by atoms with van der Waals surface area (Å²) in [4.78, 5) is 16.2. The second kappa shape index (κ2) is 5.80. The Bertz CT molecular complexity index is 410. The van der Waals surface area contributed by atoms with Gasteiger partial charge >= 0.3 is 0 Å². The first kappa shape index (κ1) is 13.5. The SMILES string of the molecule is Cc1csc(CNC(=O)CC2(N)CCCCC2)n1. The quantitative estimate of drug-likeness (QED) is 0.878. The number of rotatable bonds is 4. The van der Waals surface area contributed by atoms with Crippen LogP contribution >= 0.6 is 11.3 Å². The molecule has 2 rings (SSSR count). The second-order valence-corrected chi connectivity index (χ2v) is 6.20. The molecule has 1 aliphatic rings. The van der Waals surface area contributed by atoms with E-state index >= 15 is 0 Å². The Balaban J connectivity index is 1.78. The van der Waals surface area contributed by atoms with Crippen molar-refractivity contribution < 1.29 is 4.79 Å². The maximum atomic E-state index is 11.9. The van der Waals surface area contributed by atoms with E-state index in [1.807, 2.05) is 12.3 Å². The van der Waals surface area contributed by atoms with Crippen molar-refractivity contribution in [2.24, 2.45) is 5.73 Å². The predicted octanol–water partition coefficient (Wildman–Crippen LogP) is 2.12. The van der Waals surface area contributed by atoms with Crippen LogP contribution in [-0.2, 0) is 11.3 Å². The molecule has 1 aliphatic carbocycles. The van der Waals surface area contributed by atoms with Crippen LogP contribution in [0.5, 0.6) is 0 Å². The van der Waals surface area contributed by atoms with Crippen molar-refractivity contribution in [3.8, 4) is 0 Å². The van der Waals surface area contributed by atoms with E-state index in [0.29, 0.717) is 13.0 Å². The molecule has 0 aromatic carbocycles. The summed E-state index contributed by atoms with van der Waals surface area (Å²) in [5.41, 5.74) is 6.99. The molecule has 0 spiro atoms. The van der Waals surface area contributed by atoms with E-state index in [-0.39, 0.29) is 11.4 Å². The van der Waals surface area contributed by atoms with Crippen LogP contribution in [0, 0.1) is 6.92 Å². The van der Waals surface area contributed by atoms with Crippen molar-refractivity contribution in [1.82, 2.24) is 10.3 Å². The van der Waals surface area contributed by atoms with Gasteiger partial charge in [-0.05, 0) is 19.8 Å². The number of hydrogen-bond acceptors (Lipinski definition) is 4. The Morgan fingerprint density at radius 1 is 1.50 bits per heavy atom. The molecule has 0 atom stereocenters. The molecule has 1 amide bonds. The lowest BCUT2D eigenvalue weighted by molar-refractivity contribution is -0.122. The van der Waals surface area contributed by atoms with E-state index in [4.69, 9.17) is 5.73 Å². The molecule has 3 N–H and O–H groups in total. The molecule has 0 bridgehead atoms. The number of nitrogens with one attached hydrogen (secondary N) is 1. The highest BCUT2D eigenvalue weighted by molar-refractivity contribution is 7.09. The molecule has 1 aromatic rings. The van der Waals surface area contributed by atoms with E-state index in [2.05, 4.69) is 10.3 Å². The highest BCUT2D eigenvalue weighted by Crippen LogP contribution is 2.28. The first-order valence-electron chi connectivity index (χ1n) is 6.54. The molecule has 18 heavy (non-hydrogen) atoms. The van der Waals surface area contributed by atoms with Gasteiger partial charge < -0.3 is 11.1 Å². The maximum absolute atomic E-state index is 11.9. The van der Waals surface area contributed by atoms with Crippen LogP contribution in [0.25, 0.3) is 0 Å². The van der Waals surface area contributed by atoms with Gasteiger partial charge in [-0.1, -0.05) is 19.3 Å². The largest absolute Gasteiger partial charge is 0.350 e. The van der Waals surface area contributed by atoms with Crippen molar-refractivity contribution >= 4 is 17.2 Å². The maximum Gasteiger partial charge on any atom is 0.222 e. The molecule has 5 heteroatoms. The molecule has 0 aliphatic heterocycles. The number of aromatic nitrogens is 1. The normalized spacial score (nSPS) is 18.6. The predicted molar refractivity (Wildman–Crippen MR) is 73.3 cm³/mol. The van der Waals surface area contributed by atoms with Crippen LogP contribution in [0.15, 0.2) is 5.38 Å². The average Bonchev–Trinajstić information content (AvgIpc) is 2.73. The van der Waals surface area contributed by atoms with Gasteiger partial charge in [0, 0.05) is 23.0 Å². The van der Waals surface area contributed by atoms with Crippen molar-refractivity contribution in [3.05, 3.63) is 16.1 Å². The molecular weight excluding hydrogens is 246 g/mol. The number of aryl methyl sites for hydroxylation is 1. The number of nitrogens with zero attached hydrogens (tertiary/aromatic N) is 1. The third-order valence-electron chi connectivity index (χ3n) is 3.47. The van der Waals surface area contributed by atoms with Crippen LogP contribution in [0.2, 0.25) is 0 Å². The molecule has 0 radical (unpaired) electrons. The number of thiazole rings is 1. The molecule has 100 valence electrons. The minimum Gasteiger partial charge on any atom is -0.350 e. The summed E-state index contributed by atoms with van der Waals surface area (Å²) in [6.45, 7) is 2.48. The van der Waals surface area contributed by atoms with E-state index in [9.17, 15) is 4.79 Å². The van der Waals surface area contributed by atoms with Gasteiger partial charge in [-0.2, -0.15) is 0 Å². The fourth-order valence-corrected chi connectivity index (χ4v) is 3.18. The van der Waals surface area contributed by atoms with Crippen LogP contribution in [0.3, 0.4) is 0 Å². The summed E-state index contributed by atoms with van der Waals surface area (Å²) in [7, 11) is 0. The lowest BCUT2D eigenvalue weighted by Crippen LogP contribution is -2.45. The molecule has 4 nitrogen and oxygen atoms in total. The van der Waals surface area contributed by atoms with Crippen molar-refractivity contribution in [3.63, 3.8) is 0 Å². The Kier molecular flexibility index (Phi) is 4.35. The lowest BCUT2D eigenvalue weighted by Gasteiger charge is -2.32. The average molecular weight is 267 g/mol. The molecule has 1 heterocycles. The number of carbonyl (C=O) groups excluding carboxylic acids is 1. The fourth-order valence-electron chi connectivity index (χ4n) is 2.47. The summed E-state index contributed by atoms with van der Waals surface area (Å²) in [5, 5.41) is 5.86. The van der Waals surface area contributed by atoms with Crippen molar-refractivity contribution in [2.45, 2.75) is 57.5 Å². The Labute approximate surface area is 112 Å². The van der Waals surface area contributed by atoms with Gasteiger partial charge in [-0.25, -0.2) is 4.98 Å². The first-order valence-corrected chi connectivity index (χ1v) is 7.42. The van der Waals surface area contributed by atoms with Gasteiger partial charge in [0.25, 0.3) is 0 Å². The van der Waals surface area contributed by atoms with Crippen LogP contribution in [0.1, 0.15) is 49.2 Å². The zero-order valence-corrected chi connectivity index (χ0v) is 11.7. The van der Waals surface area contributed by atoms with Crippen molar-refractivity contribution in [1.29, 1.82) is 0 Å². The monoisotopic (exact) mass is 267 g/mol. The van der Waals surface area contributed by atoms with Gasteiger partial charge in [0.2, 0.25) is 5.91 Å². The third kappa shape index (κ3) is 3.78. The van der Waals surface area contributed by atoms with Crippen LogP contribution in [-0.4, -0.2) is 16.4 Å². The zero-order chi connectivity index (χ0) is 13.0. The first-order chi connectivity index (χ1) is 8.57. The number of nitrogens with two attached hydrogens (primary N) is 1.